The minimum atomic E-state index is -0.319. The number of aliphatic hydroxyl groups is 1. The van der Waals surface area contributed by atoms with E-state index in [1.54, 1.807) is 11.3 Å². The van der Waals surface area contributed by atoms with Gasteiger partial charge in [-0.1, -0.05) is 0 Å². The Balaban J connectivity index is 2.07. The van der Waals surface area contributed by atoms with Crippen LogP contribution in [-0.4, -0.2) is 32.6 Å². The van der Waals surface area contributed by atoms with Crippen LogP contribution in [0.5, 0.6) is 0 Å². The second-order valence-electron chi connectivity index (χ2n) is 3.23. The first-order valence-corrected chi connectivity index (χ1v) is 7.64. The fraction of sp³-hybridized carbons (Fsp3) is 0.667. The average molecular weight is 247 g/mol. The lowest BCUT2D eigenvalue weighted by atomic mass is 10.2. The Morgan fingerprint density at radius 2 is 2.43 bits per heavy atom. The second kappa shape index (κ2) is 4.88. The normalized spacial score (nSPS) is 24.9. The van der Waals surface area contributed by atoms with Crippen molar-refractivity contribution >= 4 is 34.9 Å². The maximum atomic E-state index is 10.2. The monoisotopic (exact) mass is 247 g/mol. The quantitative estimate of drug-likeness (QED) is 0.869. The van der Waals surface area contributed by atoms with E-state index < -0.39 is 0 Å². The van der Waals surface area contributed by atoms with Gasteiger partial charge in [-0.25, -0.2) is 4.98 Å². The van der Waals surface area contributed by atoms with Crippen molar-refractivity contribution in [2.75, 3.05) is 17.3 Å². The molecule has 0 aromatic carbocycles. The maximum absolute atomic E-state index is 10.2. The summed E-state index contributed by atoms with van der Waals surface area (Å²) in [4.78, 5) is 5.22. The molecule has 2 unspecified atom stereocenters. The highest BCUT2D eigenvalue weighted by Gasteiger charge is 2.26. The van der Waals surface area contributed by atoms with E-state index in [0.29, 0.717) is 5.25 Å². The highest BCUT2D eigenvalue weighted by molar-refractivity contribution is 8.06. The molecule has 1 saturated heterocycles. The molecule has 0 saturated carbocycles. The van der Waals surface area contributed by atoms with E-state index in [2.05, 4.69) is 4.98 Å². The molecule has 0 amide bonds. The summed E-state index contributed by atoms with van der Waals surface area (Å²) in [5, 5.41) is 10.5. The first-order chi connectivity index (χ1) is 6.79. The molecule has 1 fully saturated rings. The molecule has 1 aliphatic heterocycles. The zero-order valence-electron chi connectivity index (χ0n) is 7.97. The Bertz CT molecular complexity index is 296. The molecule has 1 aliphatic rings. The van der Waals surface area contributed by atoms with Gasteiger partial charge in [0.25, 0.3) is 0 Å². The van der Waals surface area contributed by atoms with Crippen LogP contribution in [0.2, 0.25) is 0 Å². The molecule has 1 aromatic rings. The van der Waals surface area contributed by atoms with Gasteiger partial charge in [0.1, 0.15) is 6.10 Å². The van der Waals surface area contributed by atoms with Gasteiger partial charge in [-0.2, -0.15) is 23.5 Å². The van der Waals surface area contributed by atoms with Crippen molar-refractivity contribution in [2.24, 2.45) is 0 Å². The first kappa shape index (κ1) is 10.8. The zero-order chi connectivity index (χ0) is 9.97. The Morgan fingerprint density at radius 3 is 3.00 bits per heavy atom. The molecule has 78 valence electrons. The third-order valence-corrected chi connectivity index (χ3v) is 6.10. The molecule has 5 heteroatoms. The minimum absolute atomic E-state index is 0.319. The van der Waals surface area contributed by atoms with E-state index in [0.717, 1.165) is 22.1 Å². The van der Waals surface area contributed by atoms with Crippen LogP contribution in [0, 0.1) is 6.92 Å². The van der Waals surface area contributed by atoms with Crippen LogP contribution in [0.4, 0.5) is 0 Å². The van der Waals surface area contributed by atoms with Crippen molar-refractivity contribution < 1.29 is 5.11 Å². The lowest BCUT2D eigenvalue weighted by molar-refractivity contribution is 0.183. The van der Waals surface area contributed by atoms with Crippen LogP contribution in [0.1, 0.15) is 16.7 Å². The largest absolute Gasteiger partial charge is 0.386 e. The lowest BCUT2D eigenvalue weighted by Gasteiger charge is -2.25. The highest BCUT2D eigenvalue weighted by atomic mass is 32.2. The number of aryl methyl sites for hydroxylation is 1. The standard InChI is InChI=1S/C9H13NOS3/c1-6-9(14-5-10-6)8(11)7-4-12-2-3-13-7/h5,7-8,11H,2-4H2,1H3. The third kappa shape index (κ3) is 2.27. The number of hydrogen-bond donors (Lipinski definition) is 1. The predicted octanol–water partition coefficient (Wildman–Crippen LogP) is 2.33. The summed E-state index contributed by atoms with van der Waals surface area (Å²) >= 11 is 5.39. The highest BCUT2D eigenvalue weighted by Crippen LogP contribution is 2.35. The Hall–Kier alpha value is 0.290. The fourth-order valence-corrected chi connectivity index (χ4v) is 5.12. The van der Waals surface area contributed by atoms with Crippen LogP contribution in [-0.2, 0) is 0 Å². The molecular weight excluding hydrogens is 234 g/mol. The van der Waals surface area contributed by atoms with E-state index >= 15 is 0 Å². The Kier molecular flexibility index (Phi) is 3.76. The number of hydrogen-bond acceptors (Lipinski definition) is 5. The van der Waals surface area contributed by atoms with Crippen LogP contribution >= 0.6 is 34.9 Å². The summed E-state index contributed by atoms with van der Waals surface area (Å²) < 4.78 is 0. The number of nitrogens with zero attached hydrogens (tertiary/aromatic N) is 1. The van der Waals surface area contributed by atoms with E-state index in [1.165, 1.54) is 5.75 Å². The molecule has 2 heterocycles. The molecule has 0 bridgehead atoms. The van der Waals surface area contributed by atoms with Gasteiger partial charge < -0.3 is 5.11 Å². The minimum Gasteiger partial charge on any atom is -0.386 e. The van der Waals surface area contributed by atoms with Crippen LogP contribution in [0.25, 0.3) is 0 Å². The van der Waals surface area contributed by atoms with Gasteiger partial charge in [-0.15, -0.1) is 11.3 Å². The first-order valence-electron chi connectivity index (χ1n) is 4.56. The van der Waals surface area contributed by atoms with Gasteiger partial charge in [0, 0.05) is 22.5 Å². The number of rotatable bonds is 2. The summed E-state index contributed by atoms with van der Waals surface area (Å²) in [7, 11) is 0. The number of thioether (sulfide) groups is 2. The molecule has 0 aliphatic carbocycles. The number of aliphatic hydroxyl groups excluding tert-OH is 1. The summed E-state index contributed by atoms with van der Waals surface area (Å²) in [6, 6.07) is 0. The number of thiazole rings is 1. The molecule has 0 spiro atoms. The van der Waals surface area contributed by atoms with Gasteiger partial charge in [0.15, 0.2) is 0 Å². The molecule has 0 radical (unpaired) electrons. The van der Waals surface area contributed by atoms with Crippen molar-refractivity contribution in [3.8, 4) is 0 Å². The molecule has 2 nitrogen and oxygen atoms in total. The van der Waals surface area contributed by atoms with E-state index in [4.69, 9.17) is 0 Å². The smallest absolute Gasteiger partial charge is 0.103 e. The fourth-order valence-electron chi connectivity index (χ4n) is 1.45. The van der Waals surface area contributed by atoms with Gasteiger partial charge in [0.2, 0.25) is 0 Å². The van der Waals surface area contributed by atoms with Gasteiger partial charge in [0.05, 0.1) is 16.1 Å². The van der Waals surface area contributed by atoms with Crippen LogP contribution in [0.15, 0.2) is 5.51 Å². The molecule has 2 atom stereocenters. The van der Waals surface area contributed by atoms with Crippen LogP contribution < -0.4 is 0 Å². The van der Waals surface area contributed by atoms with E-state index in [1.807, 2.05) is 36.0 Å². The molecular formula is C9H13NOS3. The van der Waals surface area contributed by atoms with Crippen molar-refractivity contribution in [2.45, 2.75) is 18.3 Å². The van der Waals surface area contributed by atoms with Gasteiger partial charge in [-0.05, 0) is 6.92 Å². The number of aromatic nitrogens is 1. The van der Waals surface area contributed by atoms with Gasteiger partial charge >= 0.3 is 0 Å². The average Bonchev–Trinajstić information content (AvgIpc) is 2.65. The SMILES string of the molecule is Cc1ncsc1C(O)C1CSCCS1. The molecule has 1 N–H and O–H groups in total. The summed E-state index contributed by atoms with van der Waals surface area (Å²) in [5.41, 5.74) is 2.80. The maximum Gasteiger partial charge on any atom is 0.103 e. The second-order valence-corrected chi connectivity index (χ2v) is 6.61. The summed E-state index contributed by atoms with van der Waals surface area (Å²) in [6.45, 7) is 1.97. The summed E-state index contributed by atoms with van der Waals surface area (Å²) in [6.07, 6.45) is -0.319. The molecule has 2 rings (SSSR count). The predicted molar refractivity (Wildman–Crippen MR) is 65.4 cm³/mol. The van der Waals surface area contributed by atoms with Crippen molar-refractivity contribution in [1.29, 1.82) is 0 Å². The van der Waals surface area contributed by atoms with Crippen molar-refractivity contribution in [3.05, 3.63) is 16.1 Å². The van der Waals surface area contributed by atoms with Crippen molar-refractivity contribution in [3.63, 3.8) is 0 Å². The van der Waals surface area contributed by atoms with Crippen molar-refractivity contribution in [1.82, 2.24) is 4.98 Å². The van der Waals surface area contributed by atoms with E-state index in [-0.39, 0.29) is 6.10 Å². The molecule has 1 aromatic heterocycles. The Morgan fingerprint density at radius 1 is 1.57 bits per heavy atom. The van der Waals surface area contributed by atoms with Gasteiger partial charge in [-0.3, -0.25) is 0 Å². The topological polar surface area (TPSA) is 33.1 Å². The lowest BCUT2D eigenvalue weighted by Crippen LogP contribution is -2.22. The Labute approximate surface area is 96.5 Å². The van der Waals surface area contributed by atoms with E-state index in [9.17, 15) is 5.11 Å². The summed E-state index contributed by atoms with van der Waals surface area (Å²) in [5.74, 6) is 3.43. The molecule has 14 heavy (non-hydrogen) atoms. The zero-order valence-corrected chi connectivity index (χ0v) is 10.4. The third-order valence-electron chi connectivity index (χ3n) is 2.25. The van der Waals surface area contributed by atoms with Crippen LogP contribution in [0.3, 0.4) is 0 Å².